The number of esters is 1. The van der Waals surface area contributed by atoms with Crippen molar-refractivity contribution >= 4 is 68.4 Å². The Balaban J connectivity index is 0.982. The number of aryl methyl sites for hydroxylation is 3. The number of imidazole rings is 1. The van der Waals surface area contributed by atoms with Crippen molar-refractivity contribution in [2.24, 2.45) is 4.99 Å². The molecule has 2 N–H and O–H groups in total. The first-order chi connectivity index (χ1) is 32.3. The van der Waals surface area contributed by atoms with Crippen molar-refractivity contribution in [3.63, 3.8) is 0 Å². The Hall–Kier alpha value is -7.51. The average molecular weight is 942 g/mol. The van der Waals surface area contributed by atoms with Gasteiger partial charge in [-0.1, -0.05) is 35.0 Å². The second-order valence-corrected chi connectivity index (χ2v) is 17.4. The van der Waals surface area contributed by atoms with Crippen LogP contribution < -0.4 is 21.1 Å². The zero-order chi connectivity index (χ0) is 47.3. The Morgan fingerprint density at radius 2 is 1.75 bits per heavy atom. The number of aliphatic imine (C=N–C) groups is 1. The molecule has 0 aliphatic carbocycles. The van der Waals surface area contributed by atoms with Crippen LogP contribution >= 0.6 is 22.9 Å². The molecule has 342 valence electrons. The van der Waals surface area contributed by atoms with Crippen LogP contribution in [-0.4, -0.2) is 89.8 Å². The molecule has 0 radical (unpaired) electrons. The summed E-state index contributed by atoms with van der Waals surface area (Å²) in [6.07, 6.45) is 3.19. The Morgan fingerprint density at radius 3 is 2.45 bits per heavy atom. The number of amides is 2. The highest BCUT2D eigenvalue weighted by atomic mass is 35.5. The van der Waals surface area contributed by atoms with E-state index in [4.69, 9.17) is 35.6 Å². The van der Waals surface area contributed by atoms with Gasteiger partial charge in [0.15, 0.2) is 5.82 Å². The van der Waals surface area contributed by atoms with Crippen molar-refractivity contribution in [1.29, 1.82) is 0 Å². The minimum atomic E-state index is -0.719. The number of fused-ring (bicyclic) bond motifs is 6. The third kappa shape index (κ3) is 8.03. The number of nitrogens with one attached hydrogen (secondary N) is 2. The molecule has 0 saturated carbocycles. The first-order valence-electron chi connectivity index (χ1n) is 21.3. The number of hydrogen-bond acceptors (Lipinski definition) is 14. The van der Waals surface area contributed by atoms with Gasteiger partial charge < -0.3 is 24.6 Å². The number of benzene rings is 2. The molecule has 18 nitrogen and oxygen atoms in total. The van der Waals surface area contributed by atoms with Gasteiger partial charge in [-0.25, -0.2) is 4.79 Å². The number of carbonyl (C=O) groups is 3. The van der Waals surface area contributed by atoms with E-state index >= 15 is 0 Å². The highest BCUT2D eigenvalue weighted by molar-refractivity contribution is 7.17. The summed E-state index contributed by atoms with van der Waals surface area (Å²) < 4.78 is 21.2. The lowest BCUT2D eigenvalue weighted by atomic mass is 9.99. The van der Waals surface area contributed by atoms with Crippen LogP contribution in [0.4, 0.5) is 0 Å². The third-order valence-electron chi connectivity index (χ3n) is 11.9. The number of hydrogen-bond donors (Lipinski definition) is 2. The minimum absolute atomic E-state index is 0.0662. The van der Waals surface area contributed by atoms with Gasteiger partial charge in [-0.3, -0.25) is 43.0 Å². The molecule has 1 aliphatic rings. The SMILES string of the molecule is COC(=O)CC1N=C(c2ccc(Cl)cc2)c2c(sc(C(=O)NCCNC(=O)Cn3c(=O)n([C@H](C)c4ccccn4)c4c5cc(OC)c(-c6c(C)noc6C)cc5ncc43)c2C)-n2c(C)nnc21. The number of aromatic nitrogens is 8. The number of ether oxygens (including phenoxy) is 2. The average Bonchev–Trinajstić information content (AvgIpc) is 4.04. The van der Waals surface area contributed by atoms with Crippen molar-refractivity contribution in [3.8, 4) is 21.9 Å². The van der Waals surface area contributed by atoms with E-state index in [1.807, 2.05) is 68.7 Å². The van der Waals surface area contributed by atoms with E-state index in [9.17, 15) is 19.2 Å². The highest BCUT2D eigenvalue weighted by Gasteiger charge is 2.34. The molecular formula is C47H44ClN11O7S. The normalized spacial score (nSPS) is 13.7. The molecule has 20 heteroatoms. The molecule has 0 saturated heterocycles. The predicted molar refractivity (Wildman–Crippen MR) is 252 cm³/mol. The van der Waals surface area contributed by atoms with Crippen molar-refractivity contribution in [3.05, 3.63) is 133 Å². The van der Waals surface area contributed by atoms with Gasteiger partial charge in [-0.15, -0.1) is 21.5 Å². The number of nitrogens with zero attached hydrogens (tertiary/aromatic N) is 9. The van der Waals surface area contributed by atoms with Gasteiger partial charge in [-0.2, -0.15) is 0 Å². The third-order valence-corrected chi connectivity index (χ3v) is 13.4. The van der Waals surface area contributed by atoms with Crippen LogP contribution in [0.2, 0.25) is 5.02 Å². The molecule has 2 atom stereocenters. The van der Waals surface area contributed by atoms with Gasteiger partial charge >= 0.3 is 11.7 Å². The lowest BCUT2D eigenvalue weighted by molar-refractivity contribution is -0.141. The zero-order valence-corrected chi connectivity index (χ0v) is 39.1. The van der Waals surface area contributed by atoms with E-state index in [2.05, 4.69) is 31.0 Å². The standard InChI is InChI=1S/C47H44ClN11O7S/c1-23-39-41(28-11-13-29(48)14-12-28)53-34(20-38(61)65-7)44-55-54-27(5)59(44)46(39)67-43(23)45(62)51-17-16-50-37(60)22-57-35-21-52-33-18-31(40-24(2)56-66-26(40)4)36(64-6)19-30(33)42(35)58(47(57)63)25(3)32-10-8-9-15-49-32/h8-15,18-19,21,25,34H,16-17,20,22H2,1-7H3,(H,50,60)(H,51,62)/t25-,34?/m1/s1. The molecule has 0 spiro atoms. The second kappa shape index (κ2) is 18.0. The molecule has 6 aromatic heterocycles. The Kier molecular flexibility index (Phi) is 12.0. The predicted octanol–water partition coefficient (Wildman–Crippen LogP) is 6.55. The highest BCUT2D eigenvalue weighted by Crippen LogP contribution is 2.41. The Labute approximate surface area is 391 Å². The Morgan fingerprint density at radius 1 is 0.970 bits per heavy atom. The van der Waals surface area contributed by atoms with E-state index in [1.54, 1.807) is 49.2 Å². The number of halogens is 1. The molecule has 8 aromatic rings. The lowest BCUT2D eigenvalue weighted by Gasteiger charge is -2.15. The van der Waals surface area contributed by atoms with Crippen LogP contribution in [0, 0.1) is 27.7 Å². The van der Waals surface area contributed by atoms with E-state index in [0.717, 1.165) is 16.7 Å². The van der Waals surface area contributed by atoms with Gasteiger partial charge in [0.1, 0.15) is 34.9 Å². The summed E-state index contributed by atoms with van der Waals surface area (Å²) in [5, 5.41) is 20.5. The number of rotatable bonds is 13. The van der Waals surface area contributed by atoms with Crippen molar-refractivity contribution in [2.45, 2.75) is 59.7 Å². The summed E-state index contributed by atoms with van der Waals surface area (Å²) in [5.41, 5.74) is 6.65. The maximum Gasteiger partial charge on any atom is 0.330 e. The van der Waals surface area contributed by atoms with E-state index in [0.29, 0.717) is 88.2 Å². The van der Waals surface area contributed by atoms with Crippen LogP contribution in [0.15, 0.2) is 81.3 Å². The van der Waals surface area contributed by atoms with E-state index in [1.165, 1.54) is 23.0 Å². The van der Waals surface area contributed by atoms with Crippen molar-refractivity contribution < 1.29 is 28.4 Å². The van der Waals surface area contributed by atoms with Crippen LogP contribution in [-0.2, 0) is 20.9 Å². The summed E-state index contributed by atoms with van der Waals surface area (Å²) in [4.78, 5) is 69.5. The van der Waals surface area contributed by atoms with Gasteiger partial charge in [0.25, 0.3) is 5.91 Å². The van der Waals surface area contributed by atoms with Gasteiger partial charge in [0.05, 0.1) is 77.0 Å². The Bertz CT molecular complexity index is 3330. The van der Waals surface area contributed by atoms with Crippen LogP contribution in [0.3, 0.4) is 0 Å². The summed E-state index contributed by atoms with van der Waals surface area (Å²) >= 11 is 7.51. The monoisotopic (exact) mass is 941 g/mol. The van der Waals surface area contributed by atoms with E-state index < -0.39 is 29.6 Å². The molecule has 7 heterocycles. The molecule has 67 heavy (non-hydrogen) atoms. The van der Waals surface area contributed by atoms with Crippen LogP contribution in [0.1, 0.15) is 80.6 Å². The first kappa shape index (κ1) is 44.7. The zero-order valence-electron chi connectivity index (χ0n) is 37.5. The molecule has 2 amide bonds. The number of pyridine rings is 2. The molecule has 1 unspecified atom stereocenters. The molecule has 9 rings (SSSR count). The second-order valence-electron chi connectivity index (χ2n) is 16.0. The quantitative estimate of drug-likeness (QED) is 0.0930. The lowest BCUT2D eigenvalue weighted by Crippen LogP contribution is -2.38. The fourth-order valence-electron chi connectivity index (χ4n) is 8.61. The number of carbonyl (C=O) groups excluding carboxylic acids is 3. The topological polar surface area (TPSA) is 216 Å². The summed E-state index contributed by atoms with van der Waals surface area (Å²) in [6, 6.07) is 15.1. The molecule has 2 aromatic carbocycles. The first-order valence-corrected chi connectivity index (χ1v) is 22.5. The largest absolute Gasteiger partial charge is 0.496 e. The van der Waals surface area contributed by atoms with E-state index in [-0.39, 0.29) is 32.0 Å². The fraction of sp³-hybridized carbons (Fsp3) is 0.277. The molecule has 1 aliphatic heterocycles. The van der Waals surface area contributed by atoms with Crippen LogP contribution in [0.5, 0.6) is 5.75 Å². The maximum atomic E-state index is 14.5. The number of methoxy groups -OCH3 is 2. The molecule has 0 bridgehead atoms. The van der Waals surface area contributed by atoms with Crippen molar-refractivity contribution in [2.75, 3.05) is 27.3 Å². The summed E-state index contributed by atoms with van der Waals surface area (Å²) in [7, 11) is 2.89. The van der Waals surface area contributed by atoms with Crippen molar-refractivity contribution in [1.82, 2.24) is 49.7 Å². The minimum Gasteiger partial charge on any atom is -0.496 e. The van der Waals surface area contributed by atoms with Gasteiger partial charge in [-0.05, 0) is 76.6 Å². The summed E-state index contributed by atoms with van der Waals surface area (Å²) in [6.45, 7) is 9.01. The van der Waals surface area contributed by atoms with Gasteiger partial charge in [0, 0.05) is 46.4 Å². The van der Waals surface area contributed by atoms with Crippen LogP contribution in [0.25, 0.3) is 38.1 Å². The van der Waals surface area contributed by atoms with Gasteiger partial charge in [0.2, 0.25) is 5.91 Å². The fourth-order valence-corrected chi connectivity index (χ4v) is 10.0. The molecule has 0 fully saturated rings. The molecular weight excluding hydrogens is 898 g/mol. The smallest absolute Gasteiger partial charge is 0.330 e. The maximum absolute atomic E-state index is 14.5. The summed E-state index contributed by atoms with van der Waals surface area (Å²) in [5.74, 6) is 0.852. The number of thiophene rings is 1.